The van der Waals surface area contributed by atoms with Gasteiger partial charge in [0.25, 0.3) is 0 Å². The number of carbonyl (C=O) groups is 1. The Kier molecular flexibility index (Phi) is 4.89. The van der Waals surface area contributed by atoms with E-state index in [2.05, 4.69) is 10.3 Å². The summed E-state index contributed by atoms with van der Waals surface area (Å²) in [4.78, 5) is 18.1. The number of alkyl halides is 3. The molecule has 2 aromatic carbocycles. The van der Waals surface area contributed by atoms with E-state index in [0.717, 1.165) is 12.1 Å². The molecule has 0 radical (unpaired) electrons. The van der Waals surface area contributed by atoms with Crippen LogP contribution >= 0.6 is 0 Å². The van der Waals surface area contributed by atoms with Gasteiger partial charge in [0.05, 0.1) is 28.6 Å². The van der Waals surface area contributed by atoms with Gasteiger partial charge in [-0.3, -0.25) is 0 Å². The van der Waals surface area contributed by atoms with Gasteiger partial charge >= 0.3 is 12.2 Å². The van der Waals surface area contributed by atoms with Crippen molar-refractivity contribution >= 4 is 22.8 Å². The van der Waals surface area contributed by atoms with Crippen LogP contribution in [0.3, 0.4) is 0 Å². The summed E-state index contributed by atoms with van der Waals surface area (Å²) in [7, 11) is 0. The van der Waals surface area contributed by atoms with Crippen LogP contribution in [0.5, 0.6) is 0 Å². The molecule has 1 aromatic heterocycles. The molecule has 1 aliphatic heterocycles. The van der Waals surface area contributed by atoms with Gasteiger partial charge in [-0.15, -0.1) is 0 Å². The molecule has 0 saturated carbocycles. The monoisotopic (exact) mass is 406 g/mol. The Hall–Kier alpha value is -3.10. The van der Waals surface area contributed by atoms with Crippen molar-refractivity contribution in [2.45, 2.75) is 25.1 Å². The molecule has 9 heteroatoms. The summed E-state index contributed by atoms with van der Waals surface area (Å²) in [6.07, 6.45) is -1.62. The fourth-order valence-corrected chi connectivity index (χ4v) is 3.60. The minimum absolute atomic E-state index is 0.0225. The van der Waals surface area contributed by atoms with E-state index < -0.39 is 17.6 Å². The van der Waals surface area contributed by atoms with E-state index in [1.807, 2.05) is 4.57 Å². The van der Waals surface area contributed by atoms with E-state index in [-0.39, 0.29) is 17.8 Å². The first-order valence-corrected chi connectivity index (χ1v) is 9.17. The summed E-state index contributed by atoms with van der Waals surface area (Å²) in [5.74, 6) is -0.501. The molecule has 2 heterocycles. The first-order valence-electron chi connectivity index (χ1n) is 9.17. The molecule has 0 bridgehead atoms. The number of benzene rings is 2. The summed E-state index contributed by atoms with van der Waals surface area (Å²) >= 11 is 0. The Morgan fingerprint density at radius 1 is 1.10 bits per heavy atom. The van der Waals surface area contributed by atoms with Crippen molar-refractivity contribution in [1.29, 1.82) is 0 Å². The van der Waals surface area contributed by atoms with E-state index in [0.29, 0.717) is 37.0 Å². The van der Waals surface area contributed by atoms with E-state index in [1.165, 1.54) is 18.2 Å². The number of rotatable bonds is 2. The second-order valence-electron chi connectivity index (χ2n) is 6.98. The zero-order valence-electron chi connectivity index (χ0n) is 15.3. The Morgan fingerprint density at radius 3 is 2.52 bits per heavy atom. The van der Waals surface area contributed by atoms with E-state index >= 15 is 0 Å². The lowest BCUT2D eigenvalue weighted by molar-refractivity contribution is -0.137. The number of anilines is 1. The number of fused-ring (bicyclic) bond motifs is 1. The summed E-state index contributed by atoms with van der Waals surface area (Å²) < 4.78 is 54.2. The number of imidazole rings is 1. The standard InChI is InChI=1S/C20H18F4N4O/c21-15-3-1-2-4-16(15)26-19(29)27-9-7-14(8-10-27)28-12-25-17-11-13(20(22,23)24)5-6-18(17)28/h1-6,11-12,14H,7-10H2,(H,26,29). The van der Waals surface area contributed by atoms with Gasteiger partial charge in [-0.05, 0) is 43.2 Å². The molecular formula is C20H18F4N4O. The number of hydrogen-bond donors (Lipinski definition) is 1. The number of aromatic nitrogens is 2. The summed E-state index contributed by atoms with van der Waals surface area (Å²) in [5, 5.41) is 2.57. The molecule has 5 nitrogen and oxygen atoms in total. The van der Waals surface area contributed by atoms with Gasteiger partial charge in [0.15, 0.2) is 0 Å². The first-order chi connectivity index (χ1) is 13.8. The van der Waals surface area contributed by atoms with Crippen LogP contribution in [0.4, 0.5) is 28.0 Å². The van der Waals surface area contributed by atoms with Gasteiger partial charge < -0.3 is 14.8 Å². The fourth-order valence-electron chi connectivity index (χ4n) is 3.60. The molecule has 1 saturated heterocycles. The van der Waals surface area contributed by atoms with Crippen molar-refractivity contribution < 1.29 is 22.4 Å². The Labute approximate surface area is 163 Å². The maximum absolute atomic E-state index is 13.7. The number of carbonyl (C=O) groups excluding carboxylic acids is 1. The number of nitrogens with one attached hydrogen (secondary N) is 1. The molecule has 4 rings (SSSR count). The lowest BCUT2D eigenvalue weighted by atomic mass is 10.0. The predicted octanol–water partition coefficient (Wildman–Crippen LogP) is 5.06. The van der Waals surface area contributed by atoms with Crippen molar-refractivity contribution in [3.63, 3.8) is 0 Å². The summed E-state index contributed by atoms with van der Waals surface area (Å²) in [6, 6.07) is 9.13. The van der Waals surface area contributed by atoms with E-state index in [9.17, 15) is 22.4 Å². The fraction of sp³-hybridized carbons (Fsp3) is 0.300. The average molecular weight is 406 g/mol. The van der Waals surface area contributed by atoms with E-state index in [4.69, 9.17) is 0 Å². The number of nitrogens with zero attached hydrogens (tertiary/aromatic N) is 3. The molecule has 0 atom stereocenters. The Morgan fingerprint density at radius 2 is 1.83 bits per heavy atom. The second kappa shape index (κ2) is 7.38. The van der Waals surface area contributed by atoms with Crippen LogP contribution in [0.25, 0.3) is 11.0 Å². The van der Waals surface area contributed by atoms with Crippen molar-refractivity contribution in [3.05, 3.63) is 60.2 Å². The normalized spacial score (nSPS) is 15.7. The number of hydrogen-bond acceptors (Lipinski definition) is 2. The molecule has 152 valence electrons. The van der Waals surface area contributed by atoms with Gasteiger partial charge in [0.1, 0.15) is 5.82 Å². The SMILES string of the molecule is O=C(Nc1ccccc1F)N1CCC(n2cnc3cc(C(F)(F)F)ccc32)CC1. The summed E-state index contributed by atoms with van der Waals surface area (Å²) in [5.41, 5.74) is 0.322. The molecular weight excluding hydrogens is 388 g/mol. The van der Waals surface area contributed by atoms with Crippen LogP contribution in [0.1, 0.15) is 24.4 Å². The summed E-state index contributed by atoms with van der Waals surface area (Å²) in [6.45, 7) is 0.899. The highest BCUT2D eigenvalue weighted by atomic mass is 19.4. The van der Waals surface area contributed by atoms with Gasteiger partial charge in [0, 0.05) is 19.1 Å². The highest BCUT2D eigenvalue weighted by molar-refractivity contribution is 5.89. The van der Waals surface area contributed by atoms with Crippen LogP contribution in [0.15, 0.2) is 48.8 Å². The minimum atomic E-state index is -4.41. The zero-order chi connectivity index (χ0) is 20.6. The van der Waals surface area contributed by atoms with Crippen molar-refractivity contribution in [1.82, 2.24) is 14.5 Å². The number of urea groups is 1. The van der Waals surface area contributed by atoms with Gasteiger partial charge in [-0.2, -0.15) is 13.2 Å². The quantitative estimate of drug-likeness (QED) is 0.605. The maximum atomic E-state index is 13.7. The lowest BCUT2D eigenvalue weighted by Gasteiger charge is -2.33. The molecule has 0 unspecified atom stereocenters. The number of halogens is 4. The van der Waals surface area contributed by atoms with Crippen molar-refractivity contribution in [2.75, 3.05) is 18.4 Å². The number of likely N-dealkylation sites (tertiary alicyclic amines) is 1. The number of para-hydroxylation sites is 1. The topological polar surface area (TPSA) is 50.2 Å². The van der Waals surface area contributed by atoms with Crippen molar-refractivity contribution in [2.24, 2.45) is 0 Å². The van der Waals surface area contributed by atoms with Crippen LogP contribution in [-0.2, 0) is 6.18 Å². The predicted molar refractivity (Wildman–Crippen MR) is 100.0 cm³/mol. The molecule has 3 aromatic rings. The minimum Gasteiger partial charge on any atom is -0.327 e. The Balaban J connectivity index is 1.43. The molecule has 0 spiro atoms. The lowest BCUT2D eigenvalue weighted by Crippen LogP contribution is -2.41. The van der Waals surface area contributed by atoms with Crippen LogP contribution in [0.2, 0.25) is 0 Å². The van der Waals surface area contributed by atoms with Crippen LogP contribution in [0, 0.1) is 5.82 Å². The highest BCUT2D eigenvalue weighted by Gasteiger charge is 2.31. The molecule has 2 amide bonds. The zero-order valence-corrected chi connectivity index (χ0v) is 15.3. The highest BCUT2D eigenvalue weighted by Crippen LogP contribution is 2.33. The van der Waals surface area contributed by atoms with Gasteiger partial charge in [-0.1, -0.05) is 12.1 Å². The number of amides is 2. The second-order valence-corrected chi connectivity index (χ2v) is 6.98. The average Bonchev–Trinajstić information content (AvgIpc) is 3.12. The third kappa shape index (κ3) is 3.90. The largest absolute Gasteiger partial charge is 0.416 e. The van der Waals surface area contributed by atoms with Crippen molar-refractivity contribution in [3.8, 4) is 0 Å². The van der Waals surface area contributed by atoms with Gasteiger partial charge in [-0.25, -0.2) is 14.2 Å². The first kappa shape index (κ1) is 19.2. The Bertz CT molecular complexity index is 1040. The third-order valence-electron chi connectivity index (χ3n) is 5.16. The molecule has 1 aliphatic rings. The maximum Gasteiger partial charge on any atom is 0.416 e. The smallest absolute Gasteiger partial charge is 0.327 e. The van der Waals surface area contributed by atoms with Crippen LogP contribution < -0.4 is 5.32 Å². The van der Waals surface area contributed by atoms with Gasteiger partial charge in [0.2, 0.25) is 0 Å². The third-order valence-corrected chi connectivity index (χ3v) is 5.16. The molecule has 1 fully saturated rings. The number of piperidine rings is 1. The van der Waals surface area contributed by atoms with Crippen LogP contribution in [-0.4, -0.2) is 33.6 Å². The molecule has 1 N–H and O–H groups in total. The molecule has 0 aliphatic carbocycles. The molecule has 29 heavy (non-hydrogen) atoms. The van der Waals surface area contributed by atoms with E-state index in [1.54, 1.807) is 23.4 Å².